The molecule has 0 spiro atoms. The van der Waals surface area contributed by atoms with E-state index in [2.05, 4.69) is 10.6 Å². The van der Waals surface area contributed by atoms with Crippen LogP contribution in [0.2, 0.25) is 5.02 Å². The quantitative estimate of drug-likeness (QED) is 0.583. The molecule has 8 heteroatoms. The van der Waals surface area contributed by atoms with Crippen LogP contribution in [-0.2, 0) is 16.1 Å². The first-order valence-electron chi connectivity index (χ1n) is 7.68. The number of amides is 2. The molecule has 0 fully saturated rings. The van der Waals surface area contributed by atoms with Gasteiger partial charge in [0.25, 0.3) is 0 Å². The number of para-hydroxylation sites is 1. The van der Waals surface area contributed by atoms with Gasteiger partial charge in [0.05, 0.1) is 23.5 Å². The fourth-order valence-corrected chi connectivity index (χ4v) is 3.34. The lowest BCUT2D eigenvalue weighted by Crippen LogP contribution is -2.34. The number of halogens is 1. The van der Waals surface area contributed by atoms with Gasteiger partial charge < -0.3 is 20.2 Å². The van der Waals surface area contributed by atoms with E-state index in [-0.39, 0.29) is 6.54 Å². The van der Waals surface area contributed by atoms with Crippen LogP contribution in [0.15, 0.2) is 59.2 Å². The Morgan fingerprint density at radius 2 is 1.92 bits per heavy atom. The molecule has 1 aromatic carbocycles. The summed E-state index contributed by atoms with van der Waals surface area (Å²) in [5.74, 6) is -1.13. The fourth-order valence-electron chi connectivity index (χ4n) is 2.21. The number of carbonyl (C=O) groups is 2. The van der Waals surface area contributed by atoms with Gasteiger partial charge in [-0.15, -0.1) is 11.3 Å². The van der Waals surface area contributed by atoms with Crippen LogP contribution in [0.25, 0.3) is 0 Å². The average molecular weight is 391 g/mol. The second kappa shape index (κ2) is 8.18. The number of aliphatic hydroxyl groups is 1. The minimum absolute atomic E-state index is 0.171. The lowest BCUT2D eigenvalue weighted by molar-refractivity contribution is -0.136. The molecule has 0 aliphatic heterocycles. The van der Waals surface area contributed by atoms with Crippen molar-refractivity contribution < 1.29 is 19.1 Å². The number of aliphatic hydroxyl groups excluding tert-OH is 1. The van der Waals surface area contributed by atoms with Gasteiger partial charge in [-0.2, -0.15) is 0 Å². The number of benzene rings is 1. The third kappa shape index (κ3) is 4.32. The van der Waals surface area contributed by atoms with E-state index in [1.165, 1.54) is 17.6 Å². The van der Waals surface area contributed by atoms with Crippen LogP contribution < -0.4 is 10.6 Å². The van der Waals surface area contributed by atoms with Gasteiger partial charge in [0.15, 0.2) is 0 Å². The van der Waals surface area contributed by atoms with Crippen LogP contribution in [0.5, 0.6) is 0 Å². The van der Waals surface area contributed by atoms with Crippen molar-refractivity contribution in [3.8, 4) is 0 Å². The lowest BCUT2D eigenvalue weighted by Gasteiger charge is -2.07. The number of thiophene rings is 1. The molecule has 0 radical (unpaired) electrons. The summed E-state index contributed by atoms with van der Waals surface area (Å²) in [6.07, 6.45) is 0.633. The molecule has 2 amide bonds. The summed E-state index contributed by atoms with van der Waals surface area (Å²) in [5.41, 5.74) is 0.370. The van der Waals surface area contributed by atoms with Crippen molar-refractivity contribution in [3.63, 3.8) is 0 Å². The van der Waals surface area contributed by atoms with Gasteiger partial charge in [-0.3, -0.25) is 9.59 Å². The summed E-state index contributed by atoms with van der Waals surface area (Å²) in [6, 6.07) is 13.6. The Kier molecular flexibility index (Phi) is 5.72. The van der Waals surface area contributed by atoms with Crippen LogP contribution in [-0.4, -0.2) is 16.9 Å². The molecule has 0 aliphatic rings. The van der Waals surface area contributed by atoms with E-state index in [0.717, 1.165) is 4.88 Å². The number of hydrogen-bond acceptors (Lipinski definition) is 5. The maximum Gasteiger partial charge on any atom is 0.313 e. The van der Waals surface area contributed by atoms with Crippen molar-refractivity contribution in [1.29, 1.82) is 0 Å². The minimum atomic E-state index is -0.858. The molecule has 0 unspecified atom stereocenters. The molecule has 3 N–H and O–H groups in total. The van der Waals surface area contributed by atoms with Gasteiger partial charge in [0.1, 0.15) is 11.9 Å². The molecule has 3 aromatic rings. The maximum absolute atomic E-state index is 11.9. The van der Waals surface area contributed by atoms with E-state index in [9.17, 15) is 14.7 Å². The van der Waals surface area contributed by atoms with Crippen LogP contribution in [0.3, 0.4) is 0 Å². The molecule has 0 saturated carbocycles. The molecule has 1 atom stereocenters. The van der Waals surface area contributed by atoms with Crippen LogP contribution in [0.4, 0.5) is 5.69 Å². The van der Waals surface area contributed by atoms with Crippen molar-refractivity contribution in [2.75, 3.05) is 5.32 Å². The molecular formula is C18H15ClN2O4S. The smallest absolute Gasteiger partial charge is 0.313 e. The van der Waals surface area contributed by atoms with E-state index in [0.29, 0.717) is 21.3 Å². The van der Waals surface area contributed by atoms with Gasteiger partial charge in [-0.1, -0.05) is 23.7 Å². The number of nitrogens with one attached hydrogen (secondary N) is 2. The number of furan rings is 1. The average Bonchev–Trinajstić information content (AvgIpc) is 3.33. The topological polar surface area (TPSA) is 91.6 Å². The highest BCUT2D eigenvalue weighted by Crippen LogP contribution is 2.28. The van der Waals surface area contributed by atoms with Gasteiger partial charge in [0.2, 0.25) is 0 Å². The highest BCUT2D eigenvalue weighted by Gasteiger charge is 2.17. The molecule has 2 heterocycles. The largest absolute Gasteiger partial charge is 0.466 e. The third-order valence-electron chi connectivity index (χ3n) is 3.52. The highest BCUT2D eigenvalue weighted by molar-refractivity contribution is 7.12. The Labute approximate surface area is 158 Å². The Balaban J connectivity index is 1.55. The van der Waals surface area contributed by atoms with Gasteiger partial charge in [0, 0.05) is 9.75 Å². The summed E-state index contributed by atoms with van der Waals surface area (Å²) < 4.78 is 5.18. The summed E-state index contributed by atoms with van der Waals surface area (Å²) in [6.45, 7) is 0.171. The van der Waals surface area contributed by atoms with Crippen molar-refractivity contribution in [3.05, 3.63) is 75.3 Å². The molecule has 6 nitrogen and oxygen atoms in total. The zero-order valence-electron chi connectivity index (χ0n) is 13.4. The summed E-state index contributed by atoms with van der Waals surface area (Å²) in [4.78, 5) is 25.3. The zero-order chi connectivity index (χ0) is 18.5. The molecule has 26 heavy (non-hydrogen) atoms. The van der Waals surface area contributed by atoms with E-state index < -0.39 is 17.9 Å². The normalized spacial score (nSPS) is 11.8. The predicted octanol–water partition coefficient (Wildman–Crippen LogP) is 3.33. The molecule has 2 aromatic heterocycles. The second-order valence-corrected chi connectivity index (χ2v) is 6.95. The first-order chi connectivity index (χ1) is 12.5. The van der Waals surface area contributed by atoms with Crippen molar-refractivity contribution in [2.24, 2.45) is 0 Å². The fraction of sp³-hybridized carbons (Fsp3) is 0.111. The molecule has 134 valence electrons. The molecule has 3 rings (SSSR count). The van der Waals surface area contributed by atoms with Crippen LogP contribution in [0, 0.1) is 0 Å². The molecule has 0 saturated heterocycles. The van der Waals surface area contributed by atoms with E-state index >= 15 is 0 Å². The molecule has 0 aliphatic carbocycles. The predicted molar refractivity (Wildman–Crippen MR) is 99.0 cm³/mol. The van der Waals surface area contributed by atoms with Crippen molar-refractivity contribution in [2.45, 2.75) is 12.6 Å². The Bertz CT molecular complexity index is 908. The maximum atomic E-state index is 11.9. The number of carbonyl (C=O) groups excluding carboxylic acids is 2. The summed E-state index contributed by atoms with van der Waals surface area (Å²) in [7, 11) is 0. The third-order valence-corrected chi connectivity index (χ3v) is 4.98. The van der Waals surface area contributed by atoms with E-state index in [1.807, 2.05) is 0 Å². The molecule has 0 bridgehead atoms. The number of rotatable bonds is 5. The second-order valence-electron chi connectivity index (χ2n) is 5.34. The van der Waals surface area contributed by atoms with Crippen molar-refractivity contribution >= 4 is 40.4 Å². The van der Waals surface area contributed by atoms with Gasteiger partial charge in [-0.25, -0.2) is 0 Å². The standard InChI is InChI=1S/C18H15ClN2O4S/c19-12-4-1-2-5-13(12)21-18(24)17(23)20-10-11-7-8-15(26-11)16(22)14-6-3-9-25-14/h1-9,16,22H,10H2,(H,20,23)(H,21,24)/t16-/m1/s1. The number of anilines is 1. The van der Waals surface area contributed by atoms with Crippen LogP contribution in [0.1, 0.15) is 21.6 Å². The first-order valence-corrected chi connectivity index (χ1v) is 8.88. The SMILES string of the molecule is O=C(NCc1ccc([C@H](O)c2ccco2)s1)C(=O)Nc1ccccc1Cl. The molecular weight excluding hydrogens is 376 g/mol. The monoisotopic (exact) mass is 390 g/mol. The van der Waals surface area contributed by atoms with E-state index in [4.69, 9.17) is 16.0 Å². The van der Waals surface area contributed by atoms with E-state index in [1.54, 1.807) is 48.5 Å². The summed E-state index contributed by atoms with van der Waals surface area (Å²) in [5, 5.41) is 15.5. The summed E-state index contributed by atoms with van der Waals surface area (Å²) >= 11 is 7.27. The Morgan fingerprint density at radius 1 is 1.12 bits per heavy atom. The Morgan fingerprint density at radius 3 is 2.65 bits per heavy atom. The van der Waals surface area contributed by atoms with Crippen LogP contribution >= 0.6 is 22.9 Å². The Hall–Kier alpha value is -2.61. The van der Waals surface area contributed by atoms with Gasteiger partial charge >= 0.3 is 11.8 Å². The zero-order valence-corrected chi connectivity index (χ0v) is 15.0. The van der Waals surface area contributed by atoms with Crippen molar-refractivity contribution in [1.82, 2.24) is 5.32 Å². The highest BCUT2D eigenvalue weighted by atomic mass is 35.5. The number of hydrogen-bond donors (Lipinski definition) is 3. The van der Waals surface area contributed by atoms with Gasteiger partial charge in [-0.05, 0) is 36.4 Å². The minimum Gasteiger partial charge on any atom is -0.466 e. The lowest BCUT2D eigenvalue weighted by atomic mass is 10.2. The first kappa shape index (κ1) is 18.2.